The van der Waals surface area contributed by atoms with Gasteiger partial charge in [-0.15, -0.1) is 0 Å². The molecule has 0 aliphatic carbocycles. The van der Waals surface area contributed by atoms with Gasteiger partial charge in [-0.1, -0.05) is 6.42 Å². The van der Waals surface area contributed by atoms with E-state index in [-0.39, 0.29) is 22.0 Å². The molecule has 1 saturated heterocycles. The van der Waals surface area contributed by atoms with Gasteiger partial charge in [-0.2, -0.15) is 20.1 Å². The smallest absolute Gasteiger partial charge is 0.243 e. The van der Waals surface area contributed by atoms with E-state index in [2.05, 4.69) is 5.32 Å². The molecule has 9 heteroatoms. The number of sulfonamides is 1. The van der Waals surface area contributed by atoms with Crippen molar-refractivity contribution < 1.29 is 13.2 Å². The van der Waals surface area contributed by atoms with Crippen LogP contribution in [0.25, 0.3) is 0 Å². The summed E-state index contributed by atoms with van der Waals surface area (Å²) >= 11 is 0. The fourth-order valence-corrected chi connectivity index (χ4v) is 4.16. The van der Waals surface area contributed by atoms with Crippen molar-refractivity contribution in [1.82, 2.24) is 4.31 Å². The minimum Gasteiger partial charge on any atom is -0.495 e. The number of methoxy groups -OCH3 is 1. The van der Waals surface area contributed by atoms with Crippen LogP contribution in [-0.4, -0.2) is 32.9 Å². The second kappa shape index (κ2) is 8.35. The summed E-state index contributed by atoms with van der Waals surface area (Å²) in [6.45, 7) is 0.932. The molecule has 0 aromatic heterocycles. The van der Waals surface area contributed by atoms with Crippen molar-refractivity contribution in [3.8, 4) is 24.0 Å². The molecule has 1 aromatic rings. The highest BCUT2D eigenvalue weighted by atomic mass is 32.2. The Morgan fingerprint density at radius 3 is 2.31 bits per heavy atom. The van der Waals surface area contributed by atoms with Gasteiger partial charge in [0.15, 0.2) is 5.57 Å². The van der Waals surface area contributed by atoms with Crippen molar-refractivity contribution in [2.75, 3.05) is 25.5 Å². The molecule has 1 N–H and O–H groups in total. The van der Waals surface area contributed by atoms with Gasteiger partial charge in [0.05, 0.1) is 17.7 Å². The summed E-state index contributed by atoms with van der Waals surface area (Å²) in [6, 6.07) is 9.21. The van der Waals surface area contributed by atoms with Gasteiger partial charge in [-0.3, -0.25) is 0 Å². The molecule has 0 saturated carbocycles. The zero-order valence-electron chi connectivity index (χ0n) is 14.2. The van der Waals surface area contributed by atoms with Gasteiger partial charge < -0.3 is 10.1 Å². The normalized spacial score (nSPS) is 14.4. The summed E-state index contributed by atoms with van der Waals surface area (Å²) in [7, 11) is -2.28. The van der Waals surface area contributed by atoms with E-state index >= 15 is 0 Å². The van der Waals surface area contributed by atoms with E-state index in [1.807, 2.05) is 0 Å². The number of ether oxygens (including phenoxy) is 1. The van der Waals surface area contributed by atoms with Crippen molar-refractivity contribution in [2.45, 2.75) is 24.2 Å². The average molecular weight is 371 g/mol. The largest absolute Gasteiger partial charge is 0.495 e. The first-order valence-corrected chi connectivity index (χ1v) is 9.31. The lowest BCUT2D eigenvalue weighted by atomic mass is 10.2. The van der Waals surface area contributed by atoms with Gasteiger partial charge in [0.2, 0.25) is 10.0 Å². The third-order valence-electron chi connectivity index (χ3n) is 3.97. The van der Waals surface area contributed by atoms with Gasteiger partial charge in [0, 0.05) is 13.1 Å². The summed E-state index contributed by atoms with van der Waals surface area (Å²) < 4.78 is 32.2. The number of benzene rings is 1. The highest BCUT2D eigenvalue weighted by Crippen LogP contribution is 2.31. The van der Waals surface area contributed by atoms with Crippen molar-refractivity contribution in [3.63, 3.8) is 0 Å². The minimum absolute atomic E-state index is 0.0513. The molecule has 0 amide bonds. The monoisotopic (exact) mass is 371 g/mol. The molecule has 0 radical (unpaired) electrons. The van der Waals surface area contributed by atoms with Crippen molar-refractivity contribution >= 4 is 15.7 Å². The summed E-state index contributed by atoms with van der Waals surface area (Å²) in [4.78, 5) is 0.0513. The van der Waals surface area contributed by atoms with Crippen molar-refractivity contribution in [3.05, 3.63) is 29.5 Å². The Morgan fingerprint density at radius 1 is 1.12 bits per heavy atom. The molecule has 134 valence electrons. The lowest BCUT2D eigenvalue weighted by molar-refractivity contribution is 0.346. The van der Waals surface area contributed by atoms with E-state index in [0.29, 0.717) is 13.1 Å². The number of rotatable bonds is 5. The zero-order chi connectivity index (χ0) is 19.2. The predicted octanol–water partition coefficient (Wildman–Crippen LogP) is 2.11. The van der Waals surface area contributed by atoms with Crippen LogP contribution < -0.4 is 10.1 Å². The van der Waals surface area contributed by atoms with E-state index in [0.717, 1.165) is 19.3 Å². The Kier molecular flexibility index (Phi) is 6.19. The quantitative estimate of drug-likeness (QED) is 0.784. The fourth-order valence-electron chi connectivity index (χ4n) is 2.62. The maximum Gasteiger partial charge on any atom is 0.243 e. The summed E-state index contributed by atoms with van der Waals surface area (Å²) in [5.74, 6) is 0.283. The van der Waals surface area contributed by atoms with E-state index in [1.165, 1.54) is 29.6 Å². The molecular formula is C17H17N5O3S. The van der Waals surface area contributed by atoms with E-state index < -0.39 is 15.6 Å². The molecular weight excluding hydrogens is 354 g/mol. The van der Waals surface area contributed by atoms with Gasteiger partial charge >= 0.3 is 0 Å². The van der Waals surface area contributed by atoms with Crippen molar-refractivity contribution in [2.24, 2.45) is 0 Å². The van der Waals surface area contributed by atoms with E-state index in [9.17, 15) is 13.7 Å². The first-order chi connectivity index (χ1) is 12.5. The maximum absolute atomic E-state index is 12.8. The number of nitriles is 3. The lowest BCUT2D eigenvalue weighted by Crippen LogP contribution is -2.35. The van der Waals surface area contributed by atoms with E-state index in [4.69, 9.17) is 15.3 Å². The second-order valence-electron chi connectivity index (χ2n) is 5.54. The van der Waals surface area contributed by atoms with Crippen LogP contribution >= 0.6 is 0 Å². The standard InChI is InChI=1S/C17H17N5O3S/c1-25-17-6-5-14(26(23,24)22-7-3-2-4-8-22)9-15(17)21-16(12-20)13(10-18)11-19/h5-6,9,21H,2-4,7-8H2,1H3. The van der Waals surface area contributed by atoms with Crippen LogP contribution in [-0.2, 0) is 10.0 Å². The molecule has 1 aliphatic heterocycles. The molecule has 2 rings (SSSR count). The number of hydrogen-bond acceptors (Lipinski definition) is 7. The zero-order valence-corrected chi connectivity index (χ0v) is 15.0. The van der Waals surface area contributed by atoms with Crippen LogP contribution in [0, 0.1) is 34.0 Å². The molecule has 8 nitrogen and oxygen atoms in total. The second-order valence-corrected chi connectivity index (χ2v) is 7.48. The van der Waals surface area contributed by atoms with Gasteiger partial charge in [0.1, 0.15) is 29.7 Å². The lowest BCUT2D eigenvalue weighted by Gasteiger charge is -2.26. The summed E-state index contributed by atoms with van der Waals surface area (Å²) in [6.07, 6.45) is 2.63. The first kappa shape index (κ1) is 19.3. The molecule has 1 fully saturated rings. The van der Waals surface area contributed by atoms with Gasteiger partial charge in [0.25, 0.3) is 0 Å². The Balaban J connectivity index is 2.47. The number of nitrogens with zero attached hydrogens (tertiary/aromatic N) is 4. The number of anilines is 1. The van der Waals surface area contributed by atoms with Crippen LogP contribution in [0.15, 0.2) is 34.4 Å². The van der Waals surface area contributed by atoms with E-state index in [1.54, 1.807) is 18.2 Å². The first-order valence-electron chi connectivity index (χ1n) is 7.87. The topological polar surface area (TPSA) is 130 Å². The van der Waals surface area contributed by atoms with Gasteiger partial charge in [-0.05, 0) is 31.0 Å². The Morgan fingerprint density at radius 2 is 1.77 bits per heavy atom. The minimum atomic E-state index is -3.67. The third-order valence-corrected chi connectivity index (χ3v) is 5.86. The Bertz CT molecular complexity index is 926. The SMILES string of the molecule is COc1ccc(S(=O)(=O)N2CCCCC2)cc1NC(C#N)=C(C#N)C#N. The summed E-state index contributed by atoms with van der Waals surface area (Å²) in [5, 5.41) is 29.7. The third kappa shape index (κ3) is 3.94. The molecule has 1 aromatic carbocycles. The molecule has 1 heterocycles. The number of piperidine rings is 1. The predicted molar refractivity (Wildman–Crippen MR) is 93.1 cm³/mol. The average Bonchev–Trinajstić information content (AvgIpc) is 2.68. The van der Waals surface area contributed by atoms with Crippen LogP contribution in [0.2, 0.25) is 0 Å². The molecule has 0 spiro atoms. The fraction of sp³-hybridized carbons (Fsp3) is 0.353. The molecule has 1 aliphatic rings. The van der Waals surface area contributed by atoms with Gasteiger partial charge in [-0.25, -0.2) is 8.42 Å². The van der Waals surface area contributed by atoms with Crippen molar-refractivity contribution in [1.29, 1.82) is 15.8 Å². The molecule has 0 atom stereocenters. The van der Waals surface area contributed by atoms with Crippen LogP contribution in [0.4, 0.5) is 5.69 Å². The molecule has 0 unspecified atom stereocenters. The highest BCUT2D eigenvalue weighted by molar-refractivity contribution is 7.89. The Hall–Kier alpha value is -3.06. The highest BCUT2D eigenvalue weighted by Gasteiger charge is 2.27. The summed E-state index contributed by atoms with van der Waals surface area (Å²) in [5.41, 5.74) is -0.496. The maximum atomic E-state index is 12.8. The number of allylic oxidation sites excluding steroid dienone is 2. The molecule has 0 bridgehead atoms. The molecule has 26 heavy (non-hydrogen) atoms. The number of nitrogens with one attached hydrogen (secondary N) is 1. The van der Waals surface area contributed by atoms with Crippen LogP contribution in [0.3, 0.4) is 0 Å². The van der Waals surface area contributed by atoms with Crippen LogP contribution in [0.1, 0.15) is 19.3 Å². The number of hydrogen-bond donors (Lipinski definition) is 1. The Labute approximate surface area is 152 Å². The van der Waals surface area contributed by atoms with Crippen LogP contribution in [0.5, 0.6) is 5.75 Å².